The first-order chi connectivity index (χ1) is 9.86. The van der Waals surface area contributed by atoms with Gasteiger partial charge in [-0.1, -0.05) is 13.0 Å². The number of hydrogen-bond donors (Lipinski definition) is 1. The molecule has 1 fully saturated rings. The van der Waals surface area contributed by atoms with E-state index in [1.165, 1.54) is 35.0 Å². The molecule has 1 N–H and O–H groups in total. The van der Waals surface area contributed by atoms with Crippen LogP contribution in [0.25, 0.3) is 0 Å². The summed E-state index contributed by atoms with van der Waals surface area (Å²) in [4.78, 5) is 8.73. The lowest BCUT2D eigenvalue weighted by Gasteiger charge is -2.20. The van der Waals surface area contributed by atoms with Gasteiger partial charge in [-0.3, -0.25) is 0 Å². The van der Waals surface area contributed by atoms with Gasteiger partial charge in [-0.2, -0.15) is 0 Å². The highest BCUT2D eigenvalue weighted by atomic mass is 32.1. The van der Waals surface area contributed by atoms with Crippen LogP contribution in [0.3, 0.4) is 0 Å². The summed E-state index contributed by atoms with van der Waals surface area (Å²) in [6, 6.07) is 5.06. The van der Waals surface area contributed by atoms with Gasteiger partial charge in [0.2, 0.25) is 0 Å². The largest absolute Gasteiger partial charge is 0.340 e. The number of nitrogens with one attached hydrogen (secondary N) is 1. The fourth-order valence-electron chi connectivity index (χ4n) is 2.21. The second-order valence-corrected chi connectivity index (χ2v) is 7.11. The Morgan fingerprint density at radius 3 is 3.00 bits per heavy atom. The fourth-order valence-corrected chi connectivity index (χ4v) is 3.81. The van der Waals surface area contributed by atoms with Gasteiger partial charge in [-0.05, 0) is 37.3 Å². The summed E-state index contributed by atoms with van der Waals surface area (Å²) in [7, 11) is 0. The Labute approximate surface area is 128 Å². The number of thiophene rings is 1. The van der Waals surface area contributed by atoms with E-state index in [-0.39, 0.29) is 0 Å². The van der Waals surface area contributed by atoms with Crippen molar-refractivity contribution in [3.63, 3.8) is 0 Å². The molecule has 2 heterocycles. The molecular weight excluding hydrogens is 286 g/mol. The third-order valence-corrected chi connectivity index (χ3v) is 5.20. The van der Waals surface area contributed by atoms with E-state index in [1.807, 2.05) is 11.3 Å². The molecule has 0 atom stereocenters. The summed E-state index contributed by atoms with van der Waals surface area (Å²) >= 11 is 3.62. The molecule has 0 spiro atoms. The Morgan fingerprint density at radius 1 is 1.40 bits per heavy atom. The molecule has 1 aliphatic rings. The normalized spacial score (nSPS) is 14.7. The van der Waals surface area contributed by atoms with Crippen LogP contribution in [0.2, 0.25) is 0 Å². The molecular formula is C15H21N3S2. The molecule has 3 rings (SSSR count). The van der Waals surface area contributed by atoms with Crippen LogP contribution in [0.15, 0.2) is 22.9 Å². The van der Waals surface area contributed by atoms with Crippen molar-refractivity contribution in [2.24, 2.45) is 0 Å². The highest BCUT2D eigenvalue weighted by Gasteiger charge is 2.31. The monoisotopic (exact) mass is 307 g/mol. The van der Waals surface area contributed by atoms with Gasteiger partial charge in [0.05, 0.1) is 12.2 Å². The van der Waals surface area contributed by atoms with E-state index < -0.39 is 0 Å². The molecule has 0 unspecified atom stereocenters. The van der Waals surface area contributed by atoms with Gasteiger partial charge in [0.15, 0.2) is 5.13 Å². The van der Waals surface area contributed by atoms with Crippen LogP contribution < -0.4 is 10.2 Å². The van der Waals surface area contributed by atoms with Crippen LogP contribution in [0.5, 0.6) is 0 Å². The molecule has 0 radical (unpaired) electrons. The SMILES string of the molecule is CCCNCc1csc(N(Cc2cccs2)C2CC2)n1. The Bertz CT molecular complexity index is 517. The zero-order valence-corrected chi connectivity index (χ0v) is 13.5. The van der Waals surface area contributed by atoms with Crippen molar-refractivity contribution in [3.05, 3.63) is 33.5 Å². The Hall–Kier alpha value is -0.910. The van der Waals surface area contributed by atoms with Gasteiger partial charge in [-0.15, -0.1) is 22.7 Å². The van der Waals surface area contributed by atoms with Gasteiger partial charge >= 0.3 is 0 Å². The minimum Gasteiger partial charge on any atom is -0.340 e. The second kappa shape index (κ2) is 6.70. The quantitative estimate of drug-likeness (QED) is 0.750. The summed E-state index contributed by atoms with van der Waals surface area (Å²) in [5.74, 6) is 0. The van der Waals surface area contributed by atoms with Crippen LogP contribution in [-0.2, 0) is 13.1 Å². The van der Waals surface area contributed by atoms with E-state index in [4.69, 9.17) is 4.98 Å². The van der Waals surface area contributed by atoms with E-state index in [1.54, 1.807) is 11.3 Å². The maximum atomic E-state index is 4.81. The maximum Gasteiger partial charge on any atom is 0.186 e. The zero-order chi connectivity index (χ0) is 13.8. The van der Waals surface area contributed by atoms with Crippen molar-refractivity contribution < 1.29 is 0 Å². The zero-order valence-electron chi connectivity index (χ0n) is 11.8. The third-order valence-electron chi connectivity index (χ3n) is 3.41. The molecule has 0 aromatic carbocycles. The molecule has 2 aromatic rings. The molecule has 3 nitrogen and oxygen atoms in total. The first kappa shape index (κ1) is 14.0. The van der Waals surface area contributed by atoms with Crippen LogP contribution in [0.1, 0.15) is 36.8 Å². The smallest absolute Gasteiger partial charge is 0.186 e. The average Bonchev–Trinajstić information content (AvgIpc) is 2.98. The molecule has 108 valence electrons. The highest BCUT2D eigenvalue weighted by Crippen LogP contribution is 2.35. The number of anilines is 1. The van der Waals surface area contributed by atoms with E-state index in [0.29, 0.717) is 6.04 Å². The summed E-state index contributed by atoms with van der Waals surface area (Å²) in [5.41, 5.74) is 1.18. The van der Waals surface area contributed by atoms with Crippen LogP contribution in [0, 0.1) is 0 Å². The van der Waals surface area contributed by atoms with E-state index in [0.717, 1.165) is 19.6 Å². The van der Waals surface area contributed by atoms with Crippen LogP contribution in [-0.4, -0.2) is 17.6 Å². The van der Waals surface area contributed by atoms with Crippen molar-refractivity contribution in [3.8, 4) is 0 Å². The van der Waals surface area contributed by atoms with Crippen molar-refractivity contribution in [1.29, 1.82) is 0 Å². The lowest BCUT2D eigenvalue weighted by atomic mass is 10.4. The third kappa shape index (κ3) is 3.59. The van der Waals surface area contributed by atoms with Crippen LogP contribution in [0.4, 0.5) is 5.13 Å². The molecule has 0 aliphatic heterocycles. The van der Waals surface area contributed by atoms with E-state index >= 15 is 0 Å². The first-order valence-electron chi connectivity index (χ1n) is 7.31. The van der Waals surface area contributed by atoms with Crippen LogP contribution >= 0.6 is 22.7 Å². The Balaban J connectivity index is 1.65. The topological polar surface area (TPSA) is 28.2 Å². The number of rotatable bonds is 8. The molecule has 1 saturated carbocycles. The first-order valence-corrected chi connectivity index (χ1v) is 9.07. The van der Waals surface area contributed by atoms with E-state index in [9.17, 15) is 0 Å². The number of aromatic nitrogens is 1. The van der Waals surface area contributed by atoms with Crippen molar-refractivity contribution in [2.75, 3.05) is 11.4 Å². The minimum absolute atomic E-state index is 0.708. The Morgan fingerprint density at radius 2 is 2.30 bits per heavy atom. The van der Waals surface area contributed by atoms with Gasteiger partial charge in [0, 0.05) is 22.8 Å². The van der Waals surface area contributed by atoms with Gasteiger partial charge < -0.3 is 10.2 Å². The summed E-state index contributed by atoms with van der Waals surface area (Å²) in [5, 5.41) is 8.96. The maximum absolute atomic E-state index is 4.81. The molecule has 0 bridgehead atoms. The van der Waals surface area contributed by atoms with Gasteiger partial charge in [0.1, 0.15) is 0 Å². The predicted octanol–water partition coefficient (Wildman–Crippen LogP) is 3.87. The Kier molecular flexibility index (Phi) is 4.70. The minimum atomic E-state index is 0.708. The molecule has 0 saturated heterocycles. The second-order valence-electron chi connectivity index (χ2n) is 5.24. The summed E-state index contributed by atoms with van der Waals surface area (Å²) < 4.78 is 0. The molecule has 2 aromatic heterocycles. The molecule has 0 amide bonds. The van der Waals surface area contributed by atoms with Gasteiger partial charge in [0.25, 0.3) is 0 Å². The molecule has 1 aliphatic carbocycles. The number of thiazole rings is 1. The lowest BCUT2D eigenvalue weighted by molar-refractivity contribution is 0.665. The standard InChI is InChI=1S/C15H21N3S2/c1-2-7-16-9-12-11-20-15(17-12)18(13-5-6-13)10-14-4-3-8-19-14/h3-4,8,11,13,16H,2,5-7,9-10H2,1H3. The van der Waals surface area contributed by atoms with E-state index in [2.05, 4.69) is 40.0 Å². The van der Waals surface area contributed by atoms with Crippen molar-refractivity contribution >= 4 is 27.8 Å². The highest BCUT2D eigenvalue weighted by molar-refractivity contribution is 7.13. The number of nitrogens with zero attached hydrogens (tertiary/aromatic N) is 2. The molecule has 20 heavy (non-hydrogen) atoms. The summed E-state index contributed by atoms with van der Waals surface area (Å²) in [6.45, 7) is 5.16. The summed E-state index contributed by atoms with van der Waals surface area (Å²) in [6.07, 6.45) is 3.80. The van der Waals surface area contributed by atoms with Crippen molar-refractivity contribution in [1.82, 2.24) is 10.3 Å². The van der Waals surface area contributed by atoms with Crippen molar-refractivity contribution in [2.45, 2.75) is 45.3 Å². The number of hydrogen-bond acceptors (Lipinski definition) is 5. The average molecular weight is 307 g/mol. The lowest BCUT2D eigenvalue weighted by Crippen LogP contribution is -2.24. The predicted molar refractivity (Wildman–Crippen MR) is 87.6 cm³/mol. The fraction of sp³-hybridized carbons (Fsp3) is 0.533. The molecule has 5 heteroatoms. The van der Waals surface area contributed by atoms with Gasteiger partial charge in [-0.25, -0.2) is 4.98 Å².